The summed E-state index contributed by atoms with van der Waals surface area (Å²) in [5.41, 5.74) is 0.254. The third kappa shape index (κ3) is 7.00. The minimum Gasteiger partial charge on any atom is -0.406 e. The Morgan fingerprint density at radius 2 is 1.54 bits per heavy atom. The van der Waals surface area contributed by atoms with Gasteiger partial charge in [-0.1, -0.05) is 31.4 Å². The highest BCUT2D eigenvalue weighted by Gasteiger charge is 2.31. The summed E-state index contributed by atoms with van der Waals surface area (Å²) in [7, 11) is 0. The number of hydrogen-bond acceptors (Lipinski definition) is 5. The fourth-order valence-electron chi connectivity index (χ4n) is 3.90. The van der Waals surface area contributed by atoms with Crippen LogP contribution in [0, 0.1) is 0 Å². The summed E-state index contributed by atoms with van der Waals surface area (Å²) in [4.78, 5) is 8.91. The largest absolute Gasteiger partial charge is 0.573 e. The number of hydrogen-bond donors (Lipinski definition) is 2. The number of benzene rings is 2. The van der Waals surface area contributed by atoms with E-state index in [-0.39, 0.29) is 17.8 Å². The predicted octanol–water partition coefficient (Wildman–Crippen LogP) is 7.55. The number of aromatic nitrogens is 2. The SMILES string of the molecule is FC(F)(F)Oc1cccc(-c2cc(Nc3ccc(C(F)(F)F)cc3)nc(NC3CCCCC3)n2)c1. The number of halogens is 6. The molecule has 2 N–H and O–H groups in total. The van der Waals surface area contributed by atoms with Crippen molar-refractivity contribution in [3.05, 3.63) is 60.2 Å². The van der Waals surface area contributed by atoms with Crippen LogP contribution in [-0.4, -0.2) is 22.4 Å². The van der Waals surface area contributed by atoms with Gasteiger partial charge in [-0.25, -0.2) is 4.98 Å². The van der Waals surface area contributed by atoms with Crippen molar-refractivity contribution >= 4 is 17.5 Å². The molecule has 186 valence electrons. The molecule has 0 atom stereocenters. The Kier molecular flexibility index (Phi) is 7.04. The van der Waals surface area contributed by atoms with E-state index in [1.165, 1.54) is 36.4 Å². The smallest absolute Gasteiger partial charge is 0.406 e. The minimum atomic E-state index is -4.84. The molecule has 0 saturated heterocycles. The Labute approximate surface area is 197 Å². The van der Waals surface area contributed by atoms with Gasteiger partial charge in [-0.2, -0.15) is 18.2 Å². The Balaban J connectivity index is 1.65. The molecular weight excluding hydrogens is 474 g/mol. The molecule has 11 heteroatoms. The van der Waals surface area contributed by atoms with Gasteiger partial charge in [0.2, 0.25) is 5.95 Å². The number of nitrogens with zero attached hydrogens (tertiary/aromatic N) is 2. The number of anilines is 3. The molecule has 1 saturated carbocycles. The first kappa shape index (κ1) is 24.6. The van der Waals surface area contributed by atoms with E-state index in [9.17, 15) is 26.3 Å². The van der Waals surface area contributed by atoms with Gasteiger partial charge in [-0.3, -0.25) is 0 Å². The van der Waals surface area contributed by atoms with Crippen molar-refractivity contribution in [1.29, 1.82) is 0 Å². The fourth-order valence-corrected chi connectivity index (χ4v) is 3.90. The third-order valence-electron chi connectivity index (χ3n) is 5.51. The van der Waals surface area contributed by atoms with E-state index in [4.69, 9.17) is 0 Å². The van der Waals surface area contributed by atoms with Gasteiger partial charge in [0.15, 0.2) is 0 Å². The lowest BCUT2D eigenvalue weighted by Crippen LogP contribution is -2.23. The zero-order valence-corrected chi connectivity index (χ0v) is 18.4. The van der Waals surface area contributed by atoms with Gasteiger partial charge >= 0.3 is 12.5 Å². The fraction of sp³-hybridized carbons (Fsp3) is 0.333. The van der Waals surface area contributed by atoms with E-state index in [1.54, 1.807) is 6.07 Å². The van der Waals surface area contributed by atoms with E-state index in [1.807, 2.05) is 0 Å². The molecule has 4 rings (SSSR count). The number of rotatable bonds is 6. The van der Waals surface area contributed by atoms with Gasteiger partial charge in [-0.15, -0.1) is 13.2 Å². The molecule has 1 heterocycles. The van der Waals surface area contributed by atoms with E-state index < -0.39 is 23.9 Å². The molecule has 5 nitrogen and oxygen atoms in total. The second-order valence-electron chi connectivity index (χ2n) is 8.22. The maximum absolute atomic E-state index is 12.9. The van der Waals surface area contributed by atoms with Gasteiger partial charge in [-0.05, 0) is 49.2 Å². The van der Waals surface area contributed by atoms with Crippen molar-refractivity contribution in [2.24, 2.45) is 0 Å². The summed E-state index contributed by atoms with van der Waals surface area (Å²) >= 11 is 0. The Bertz CT molecular complexity index is 1140. The summed E-state index contributed by atoms with van der Waals surface area (Å²) in [6.07, 6.45) is -4.16. The number of ether oxygens (including phenoxy) is 1. The molecule has 3 aromatic rings. The van der Waals surface area contributed by atoms with Gasteiger partial charge in [0.05, 0.1) is 11.3 Å². The standard InChI is InChI=1S/C24H22F6N4O/c25-23(26,27)16-9-11-18(12-10-16)31-21-14-20(15-5-4-8-19(13-15)35-24(28,29)30)33-22(34-21)32-17-6-2-1-3-7-17/h4-5,8-14,17H,1-3,6-7H2,(H2,31,32,33,34). The Hall–Kier alpha value is -3.50. The zero-order valence-electron chi connectivity index (χ0n) is 18.4. The molecule has 35 heavy (non-hydrogen) atoms. The number of alkyl halides is 6. The molecule has 1 fully saturated rings. The maximum Gasteiger partial charge on any atom is 0.573 e. The van der Waals surface area contributed by atoms with Crippen molar-refractivity contribution in [2.45, 2.75) is 50.7 Å². The van der Waals surface area contributed by atoms with Crippen LogP contribution in [0.3, 0.4) is 0 Å². The van der Waals surface area contributed by atoms with Crippen molar-refractivity contribution < 1.29 is 31.1 Å². The second-order valence-corrected chi connectivity index (χ2v) is 8.22. The monoisotopic (exact) mass is 496 g/mol. The van der Waals surface area contributed by atoms with Crippen LogP contribution in [0.1, 0.15) is 37.7 Å². The summed E-state index contributed by atoms with van der Waals surface area (Å²) in [5.74, 6) is 0.147. The van der Waals surface area contributed by atoms with Crippen LogP contribution in [-0.2, 0) is 6.18 Å². The van der Waals surface area contributed by atoms with Crippen LogP contribution in [0.15, 0.2) is 54.6 Å². The van der Waals surface area contributed by atoms with E-state index in [0.29, 0.717) is 16.9 Å². The molecule has 1 aliphatic rings. The van der Waals surface area contributed by atoms with Crippen LogP contribution in [0.5, 0.6) is 5.75 Å². The van der Waals surface area contributed by atoms with Crippen LogP contribution < -0.4 is 15.4 Å². The maximum atomic E-state index is 12.9. The summed E-state index contributed by atoms with van der Waals surface area (Å²) in [5, 5.41) is 6.23. The van der Waals surface area contributed by atoms with E-state index in [0.717, 1.165) is 44.2 Å². The molecular formula is C24H22F6N4O. The normalized spacial score (nSPS) is 15.0. The number of nitrogens with one attached hydrogen (secondary N) is 2. The highest BCUT2D eigenvalue weighted by molar-refractivity contribution is 5.68. The third-order valence-corrected chi connectivity index (χ3v) is 5.51. The zero-order chi connectivity index (χ0) is 25.1. The minimum absolute atomic E-state index is 0.151. The van der Waals surface area contributed by atoms with Crippen LogP contribution in [0.2, 0.25) is 0 Å². The Morgan fingerprint density at radius 3 is 2.20 bits per heavy atom. The van der Waals surface area contributed by atoms with Crippen molar-refractivity contribution in [1.82, 2.24) is 9.97 Å². The lowest BCUT2D eigenvalue weighted by molar-refractivity contribution is -0.274. The molecule has 0 radical (unpaired) electrons. The Morgan fingerprint density at radius 1 is 0.829 bits per heavy atom. The highest BCUT2D eigenvalue weighted by Crippen LogP contribution is 2.32. The van der Waals surface area contributed by atoms with Crippen LogP contribution in [0.25, 0.3) is 11.3 Å². The molecule has 0 aliphatic heterocycles. The van der Waals surface area contributed by atoms with E-state index >= 15 is 0 Å². The first-order valence-electron chi connectivity index (χ1n) is 11.0. The average Bonchev–Trinajstić information content (AvgIpc) is 2.78. The van der Waals surface area contributed by atoms with Crippen molar-refractivity contribution in [2.75, 3.05) is 10.6 Å². The molecule has 0 bridgehead atoms. The molecule has 1 aromatic heterocycles. The molecule has 0 amide bonds. The van der Waals surface area contributed by atoms with Crippen LogP contribution >= 0.6 is 0 Å². The second kappa shape index (κ2) is 10.0. The lowest BCUT2D eigenvalue weighted by atomic mass is 9.96. The molecule has 0 spiro atoms. The molecule has 0 unspecified atom stereocenters. The average molecular weight is 496 g/mol. The first-order chi connectivity index (χ1) is 16.5. The van der Waals surface area contributed by atoms with Crippen LogP contribution in [0.4, 0.5) is 43.8 Å². The lowest BCUT2D eigenvalue weighted by Gasteiger charge is -2.23. The molecule has 1 aliphatic carbocycles. The summed E-state index contributed by atoms with van der Waals surface area (Å²) < 4.78 is 80.6. The first-order valence-corrected chi connectivity index (χ1v) is 11.0. The van der Waals surface area contributed by atoms with Gasteiger partial charge in [0.25, 0.3) is 0 Å². The van der Waals surface area contributed by atoms with Crippen molar-refractivity contribution in [3.63, 3.8) is 0 Å². The predicted molar refractivity (Wildman–Crippen MR) is 119 cm³/mol. The summed E-state index contributed by atoms with van der Waals surface area (Å²) in [6.45, 7) is 0. The van der Waals surface area contributed by atoms with Gasteiger partial charge in [0.1, 0.15) is 11.6 Å². The summed E-state index contributed by atoms with van der Waals surface area (Å²) in [6, 6.07) is 11.5. The van der Waals surface area contributed by atoms with Gasteiger partial charge in [0, 0.05) is 23.4 Å². The van der Waals surface area contributed by atoms with Crippen molar-refractivity contribution in [3.8, 4) is 17.0 Å². The topological polar surface area (TPSA) is 59.1 Å². The van der Waals surface area contributed by atoms with E-state index in [2.05, 4.69) is 25.3 Å². The molecule has 2 aromatic carbocycles. The highest BCUT2D eigenvalue weighted by atomic mass is 19.4. The quantitative estimate of drug-likeness (QED) is 0.345. The van der Waals surface area contributed by atoms with Gasteiger partial charge < -0.3 is 15.4 Å².